The van der Waals surface area contributed by atoms with Crippen molar-refractivity contribution in [3.8, 4) is 5.75 Å². The highest BCUT2D eigenvalue weighted by atomic mass is 16.7. The van der Waals surface area contributed by atoms with Crippen LogP contribution in [0.4, 0.5) is 10.5 Å². The second-order valence-corrected chi connectivity index (χ2v) is 10.9. The van der Waals surface area contributed by atoms with Gasteiger partial charge in [-0.25, -0.2) is 9.69 Å². The summed E-state index contributed by atoms with van der Waals surface area (Å²) in [6.45, 7) is 7.29. The number of hydrogen-bond acceptors (Lipinski definition) is 7. The van der Waals surface area contributed by atoms with Crippen LogP contribution >= 0.6 is 0 Å². The van der Waals surface area contributed by atoms with E-state index >= 15 is 0 Å². The third kappa shape index (κ3) is 8.76. The third-order valence-corrected chi connectivity index (χ3v) is 7.17. The number of aliphatic hydroxyl groups is 1. The molecule has 0 aliphatic carbocycles. The zero-order valence-electron chi connectivity index (χ0n) is 23.7. The smallest absolute Gasteiger partial charge is 0.329 e. The Hall–Kier alpha value is -2.98. The molecule has 9 heteroatoms. The van der Waals surface area contributed by atoms with Crippen LogP contribution in [0, 0.1) is 0 Å². The Kier molecular flexibility index (Phi) is 10.9. The summed E-state index contributed by atoms with van der Waals surface area (Å²) >= 11 is 0. The number of nitrogens with zero attached hydrogens (tertiary/aromatic N) is 1. The fraction of sp³-hybridized carbons (Fsp3) is 0.548. The molecule has 218 valence electrons. The Bertz CT molecular complexity index is 1100. The van der Waals surface area contributed by atoms with Crippen molar-refractivity contribution >= 4 is 17.6 Å². The Morgan fingerprint density at radius 1 is 1.02 bits per heavy atom. The van der Waals surface area contributed by atoms with E-state index in [-0.39, 0.29) is 18.5 Å². The minimum Gasteiger partial charge on any atom is -0.463 e. The summed E-state index contributed by atoms with van der Waals surface area (Å²) in [5, 5.41) is 16.4. The van der Waals surface area contributed by atoms with Gasteiger partial charge in [0.2, 0.25) is 5.79 Å². The van der Waals surface area contributed by atoms with Gasteiger partial charge >= 0.3 is 6.03 Å². The summed E-state index contributed by atoms with van der Waals surface area (Å²) in [5.41, 5.74) is 3.65. The van der Waals surface area contributed by atoms with E-state index in [1.807, 2.05) is 56.3 Å². The number of aliphatic hydroxyl groups excluding tert-OH is 1. The van der Waals surface area contributed by atoms with Gasteiger partial charge in [-0.15, -0.1) is 0 Å². The van der Waals surface area contributed by atoms with E-state index in [2.05, 4.69) is 10.6 Å². The third-order valence-electron chi connectivity index (χ3n) is 7.17. The maximum Gasteiger partial charge on any atom is 0.329 e. The van der Waals surface area contributed by atoms with Gasteiger partial charge in [0, 0.05) is 39.2 Å². The molecule has 2 aromatic carbocycles. The van der Waals surface area contributed by atoms with Gasteiger partial charge in [-0.2, -0.15) is 0 Å². The molecule has 2 aromatic rings. The molecular weight excluding hydrogens is 510 g/mol. The molecule has 2 aliphatic heterocycles. The molecule has 3 amide bonds. The fourth-order valence-corrected chi connectivity index (χ4v) is 4.86. The standard InChI is InChI=1S/C31H43N3O6/c1-31(2)39-22-25-19-24(12-15-28(25)40-31)27(35)20-32-16-6-3-4-7-17-38-18-8-5-9-23-10-13-26(14-11-23)34-29(36)21-33-30(34)37/h10-15,19,27,32,35H,3-9,16-18,20-22H2,1-2H3,(H,33,37)/t27-/m0/s1. The number of amides is 3. The summed E-state index contributed by atoms with van der Waals surface area (Å²) < 4.78 is 17.3. The van der Waals surface area contributed by atoms with E-state index in [1.165, 1.54) is 10.5 Å². The number of rotatable bonds is 16. The SMILES string of the molecule is CC1(C)OCc2cc([C@@H](O)CNCCCCCCOCCCCc3ccc(N4C(=O)CNC4=O)cc3)ccc2O1. The lowest BCUT2D eigenvalue weighted by atomic mass is 10.0. The topological polar surface area (TPSA) is 109 Å². The Labute approximate surface area is 237 Å². The molecule has 1 saturated heterocycles. The van der Waals surface area contributed by atoms with Gasteiger partial charge in [-0.05, 0) is 74.0 Å². The van der Waals surface area contributed by atoms with E-state index in [0.717, 1.165) is 81.6 Å². The molecule has 2 heterocycles. The van der Waals surface area contributed by atoms with E-state index < -0.39 is 11.9 Å². The van der Waals surface area contributed by atoms with Crippen molar-refractivity contribution < 1.29 is 28.9 Å². The molecule has 1 atom stereocenters. The molecule has 4 rings (SSSR count). The average molecular weight is 554 g/mol. The first-order valence-corrected chi connectivity index (χ1v) is 14.4. The predicted octanol–water partition coefficient (Wildman–Crippen LogP) is 4.61. The van der Waals surface area contributed by atoms with Crippen LogP contribution in [0.15, 0.2) is 42.5 Å². The monoisotopic (exact) mass is 553 g/mol. The molecule has 1 fully saturated rings. The van der Waals surface area contributed by atoms with Crippen LogP contribution < -0.4 is 20.3 Å². The average Bonchev–Trinajstić information content (AvgIpc) is 3.28. The van der Waals surface area contributed by atoms with Gasteiger partial charge in [0.05, 0.1) is 24.9 Å². The first-order chi connectivity index (χ1) is 19.3. The summed E-state index contributed by atoms with van der Waals surface area (Å²) in [4.78, 5) is 24.7. The molecule has 0 spiro atoms. The summed E-state index contributed by atoms with van der Waals surface area (Å²) in [5.74, 6) is -0.0145. The van der Waals surface area contributed by atoms with Crippen molar-refractivity contribution in [1.82, 2.24) is 10.6 Å². The maximum absolute atomic E-state index is 11.8. The Balaban J connectivity index is 0.966. The molecule has 0 unspecified atom stereocenters. The summed E-state index contributed by atoms with van der Waals surface area (Å²) in [7, 11) is 0. The van der Waals surface area contributed by atoms with E-state index in [4.69, 9.17) is 14.2 Å². The van der Waals surface area contributed by atoms with E-state index in [9.17, 15) is 14.7 Å². The number of carbonyl (C=O) groups excluding carboxylic acids is 2. The van der Waals surface area contributed by atoms with Crippen molar-refractivity contribution in [1.29, 1.82) is 0 Å². The van der Waals surface area contributed by atoms with Crippen LogP contribution in [0.3, 0.4) is 0 Å². The van der Waals surface area contributed by atoms with Gasteiger partial charge < -0.3 is 30.0 Å². The number of carbonyl (C=O) groups is 2. The van der Waals surface area contributed by atoms with Crippen LogP contribution in [0.2, 0.25) is 0 Å². The summed E-state index contributed by atoms with van der Waals surface area (Å²) in [6, 6.07) is 13.1. The minimum absolute atomic E-state index is 0.0617. The highest BCUT2D eigenvalue weighted by Crippen LogP contribution is 2.32. The quantitative estimate of drug-likeness (QED) is 0.206. The van der Waals surface area contributed by atoms with Gasteiger partial charge in [0.15, 0.2) is 0 Å². The Morgan fingerprint density at radius 2 is 1.77 bits per heavy atom. The molecule has 9 nitrogen and oxygen atoms in total. The van der Waals surface area contributed by atoms with Crippen LogP contribution in [-0.4, -0.2) is 55.7 Å². The number of hydrogen-bond donors (Lipinski definition) is 3. The number of imide groups is 1. The van der Waals surface area contributed by atoms with Crippen molar-refractivity contribution in [2.24, 2.45) is 0 Å². The molecule has 0 radical (unpaired) electrons. The molecule has 0 bridgehead atoms. The maximum atomic E-state index is 11.8. The second-order valence-electron chi connectivity index (χ2n) is 10.9. The van der Waals surface area contributed by atoms with Crippen molar-refractivity contribution in [2.75, 3.05) is 37.7 Å². The zero-order valence-corrected chi connectivity index (χ0v) is 23.7. The number of ether oxygens (including phenoxy) is 3. The lowest BCUT2D eigenvalue weighted by Gasteiger charge is -2.33. The number of anilines is 1. The van der Waals surface area contributed by atoms with Crippen LogP contribution in [0.5, 0.6) is 5.75 Å². The fourth-order valence-electron chi connectivity index (χ4n) is 4.86. The van der Waals surface area contributed by atoms with Crippen LogP contribution in [-0.2, 0) is 27.3 Å². The molecule has 40 heavy (non-hydrogen) atoms. The van der Waals surface area contributed by atoms with Crippen molar-refractivity contribution in [2.45, 2.75) is 77.3 Å². The van der Waals surface area contributed by atoms with Crippen molar-refractivity contribution in [3.63, 3.8) is 0 Å². The first-order valence-electron chi connectivity index (χ1n) is 14.4. The number of aryl methyl sites for hydroxylation is 1. The number of nitrogens with one attached hydrogen (secondary N) is 2. The largest absolute Gasteiger partial charge is 0.463 e. The van der Waals surface area contributed by atoms with Gasteiger partial charge in [0.1, 0.15) is 5.75 Å². The van der Waals surface area contributed by atoms with Gasteiger partial charge in [-0.3, -0.25) is 4.79 Å². The minimum atomic E-state index is -0.614. The van der Waals surface area contributed by atoms with E-state index in [1.54, 1.807) is 0 Å². The predicted molar refractivity (Wildman–Crippen MR) is 153 cm³/mol. The lowest BCUT2D eigenvalue weighted by molar-refractivity contribution is -0.180. The number of fused-ring (bicyclic) bond motifs is 1. The molecule has 3 N–H and O–H groups in total. The molecular formula is C31H43N3O6. The molecule has 0 aromatic heterocycles. The number of benzene rings is 2. The lowest BCUT2D eigenvalue weighted by Crippen LogP contribution is -2.35. The van der Waals surface area contributed by atoms with E-state index in [0.29, 0.717) is 18.8 Å². The molecule has 0 saturated carbocycles. The van der Waals surface area contributed by atoms with Gasteiger partial charge in [-0.1, -0.05) is 31.0 Å². The normalized spacial score (nSPS) is 16.9. The highest BCUT2D eigenvalue weighted by Gasteiger charge is 2.30. The van der Waals surface area contributed by atoms with Crippen molar-refractivity contribution in [3.05, 3.63) is 59.2 Å². The Morgan fingerprint density at radius 3 is 2.52 bits per heavy atom. The second kappa shape index (κ2) is 14.6. The zero-order chi connectivity index (χ0) is 28.4. The number of unbranched alkanes of at least 4 members (excludes halogenated alkanes) is 4. The van der Waals surface area contributed by atoms with Crippen LogP contribution in [0.25, 0.3) is 0 Å². The van der Waals surface area contributed by atoms with Crippen LogP contribution in [0.1, 0.15) is 75.2 Å². The molecule has 2 aliphatic rings. The summed E-state index contributed by atoms with van der Waals surface area (Å²) in [6.07, 6.45) is 6.82. The number of urea groups is 1. The van der Waals surface area contributed by atoms with Gasteiger partial charge in [0.25, 0.3) is 5.91 Å². The first kappa shape index (κ1) is 30.0. The highest BCUT2D eigenvalue weighted by molar-refractivity contribution is 6.19.